The molecule has 0 unspecified atom stereocenters. The Balaban J connectivity index is 2.54. The first-order chi connectivity index (χ1) is 7.71. The Morgan fingerprint density at radius 3 is 2.38 bits per heavy atom. The molecule has 0 spiro atoms. The topological polar surface area (TPSA) is 47.3 Å². The van der Waals surface area contributed by atoms with Crippen molar-refractivity contribution in [3.05, 3.63) is 0 Å². The van der Waals surface area contributed by atoms with E-state index in [0.717, 1.165) is 25.9 Å². The fourth-order valence-corrected chi connectivity index (χ4v) is 2.49. The number of aliphatic hydroxyl groups is 1. The van der Waals surface area contributed by atoms with Crippen LogP contribution in [0.15, 0.2) is 0 Å². The Kier molecular flexibility index (Phi) is 5.24. The molecule has 3 nitrogen and oxygen atoms in total. The fraction of sp³-hybridized carbons (Fsp3) is 0.923. The van der Waals surface area contributed by atoms with Crippen LogP contribution in [0.4, 0.5) is 0 Å². The summed E-state index contributed by atoms with van der Waals surface area (Å²) in [6, 6.07) is 2.86. The quantitative estimate of drug-likeness (QED) is 0.687. The molecule has 92 valence electrons. The first-order valence-corrected chi connectivity index (χ1v) is 6.43. The van der Waals surface area contributed by atoms with Crippen LogP contribution in [0.5, 0.6) is 0 Å². The van der Waals surface area contributed by atoms with Crippen LogP contribution in [0.25, 0.3) is 0 Å². The lowest BCUT2D eigenvalue weighted by atomic mass is 10.0. The molecule has 0 radical (unpaired) electrons. The van der Waals surface area contributed by atoms with Gasteiger partial charge in [0.2, 0.25) is 0 Å². The minimum Gasteiger partial charge on any atom is -0.395 e. The number of aliphatic hydroxyl groups excluding tert-OH is 1. The molecule has 0 aliphatic heterocycles. The van der Waals surface area contributed by atoms with E-state index in [1.807, 2.05) is 0 Å². The van der Waals surface area contributed by atoms with Gasteiger partial charge in [-0.3, -0.25) is 4.90 Å². The highest BCUT2D eigenvalue weighted by atomic mass is 16.3. The average molecular weight is 224 g/mol. The van der Waals surface area contributed by atoms with Crippen molar-refractivity contribution in [2.24, 2.45) is 5.41 Å². The number of hydrogen-bond donors (Lipinski definition) is 1. The first kappa shape index (κ1) is 13.5. The van der Waals surface area contributed by atoms with Crippen molar-refractivity contribution < 1.29 is 5.11 Å². The van der Waals surface area contributed by atoms with Gasteiger partial charge in [0.25, 0.3) is 0 Å². The van der Waals surface area contributed by atoms with Crippen LogP contribution in [0, 0.1) is 16.7 Å². The predicted octanol–water partition coefficient (Wildman–Crippen LogP) is 2.16. The molecule has 0 atom stereocenters. The van der Waals surface area contributed by atoms with Crippen LogP contribution in [0.1, 0.15) is 46.0 Å². The molecule has 0 aromatic heterocycles. The van der Waals surface area contributed by atoms with Gasteiger partial charge in [-0.1, -0.05) is 13.8 Å². The van der Waals surface area contributed by atoms with Crippen molar-refractivity contribution in [3.8, 4) is 6.07 Å². The molecule has 0 saturated heterocycles. The van der Waals surface area contributed by atoms with Gasteiger partial charge in [-0.05, 0) is 31.1 Å². The Bertz CT molecular complexity index is 239. The molecule has 1 N–H and O–H groups in total. The van der Waals surface area contributed by atoms with Crippen LogP contribution in [-0.2, 0) is 0 Å². The lowest BCUT2D eigenvalue weighted by Crippen LogP contribution is -2.40. The van der Waals surface area contributed by atoms with Gasteiger partial charge in [0.1, 0.15) is 0 Å². The van der Waals surface area contributed by atoms with Gasteiger partial charge in [-0.25, -0.2) is 0 Å². The highest BCUT2D eigenvalue weighted by Crippen LogP contribution is 2.49. The van der Waals surface area contributed by atoms with Gasteiger partial charge in [0, 0.05) is 25.6 Å². The van der Waals surface area contributed by atoms with E-state index in [1.165, 1.54) is 12.8 Å². The summed E-state index contributed by atoms with van der Waals surface area (Å²) in [6.07, 6.45) is 5.29. The molecule has 1 rings (SSSR count). The van der Waals surface area contributed by atoms with Crippen LogP contribution < -0.4 is 0 Å². The number of nitrogens with zero attached hydrogens (tertiary/aromatic N) is 2. The monoisotopic (exact) mass is 224 g/mol. The Labute approximate surface area is 99.1 Å². The minimum absolute atomic E-state index is 0.221. The first-order valence-electron chi connectivity index (χ1n) is 6.43. The zero-order chi connectivity index (χ0) is 12.0. The van der Waals surface area contributed by atoms with Gasteiger partial charge in [-0.15, -0.1) is 0 Å². The van der Waals surface area contributed by atoms with Crippen LogP contribution >= 0.6 is 0 Å². The van der Waals surface area contributed by atoms with Crippen molar-refractivity contribution in [1.29, 1.82) is 5.26 Å². The van der Waals surface area contributed by atoms with Crippen molar-refractivity contribution in [2.45, 2.75) is 52.0 Å². The summed E-state index contributed by atoms with van der Waals surface area (Å²) in [6.45, 7) is 6.36. The summed E-state index contributed by atoms with van der Waals surface area (Å²) in [5.74, 6) is 0. The predicted molar refractivity (Wildman–Crippen MR) is 64.9 cm³/mol. The summed E-state index contributed by atoms with van der Waals surface area (Å²) in [5, 5.41) is 17.9. The zero-order valence-corrected chi connectivity index (χ0v) is 10.6. The van der Waals surface area contributed by atoms with Crippen molar-refractivity contribution in [2.75, 3.05) is 19.7 Å². The van der Waals surface area contributed by atoms with E-state index in [4.69, 9.17) is 10.4 Å². The van der Waals surface area contributed by atoms with Crippen molar-refractivity contribution in [3.63, 3.8) is 0 Å². The summed E-state index contributed by atoms with van der Waals surface area (Å²) >= 11 is 0. The Hall–Kier alpha value is -0.590. The fourth-order valence-electron chi connectivity index (χ4n) is 2.49. The second-order valence-corrected chi connectivity index (χ2v) is 5.00. The van der Waals surface area contributed by atoms with Gasteiger partial charge in [0.15, 0.2) is 0 Å². The molecule has 0 bridgehead atoms. The van der Waals surface area contributed by atoms with E-state index in [0.29, 0.717) is 12.5 Å². The van der Waals surface area contributed by atoms with E-state index in [2.05, 4.69) is 24.8 Å². The number of rotatable bonds is 8. The minimum atomic E-state index is 0.221. The molecule has 1 aliphatic rings. The molecule has 16 heavy (non-hydrogen) atoms. The molecule has 1 fully saturated rings. The molecular formula is C13H24N2O. The van der Waals surface area contributed by atoms with E-state index in [-0.39, 0.29) is 12.0 Å². The summed E-state index contributed by atoms with van der Waals surface area (Å²) in [7, 11) is 0. The summed E-state index contributed by atoms with van der Waals surface area (Å²) < 4.78 is 0. The maximum Gasteiger partial charge on any atom is 0.0628 e. The van der Waals surface area contributed by atoms with Gasteiger partial charge < -0.3 is 5.11 Å². The van der Waals surface area contributed by atoms with Gasteiger partial charge in [-0.2, -0.15) is 5.26 Å². The van der Waals surface area contributed by atoms with Crippen LogP contribution in [0.2, 0.25) is 0 Å². The third kappa shape index (κ3) is 3.47. The highest BCUT2D eigenvalue weighted by Gasteiger charge is 2.44. The maximum atomic E-state index is 9.12. The van der Waals surface area contributed by atoms with Crippen molar-refractivity contribution >= 4 is 0 Å². The molecule has 1 aliphatic carbocycles. The van der Waals surface area contributed by atoms with Gasteiger partial charge >= 0.3 is 0 Å². The van der Waals surface area contributed by atoms with Gasteiger partial charge in [0.05, 0.1) is 12.7 Å². The standard InChI is InChI=1S/C13H24N2O/c1-3-12(4-2)15(9-10-16)11-13(5-6-13)7-8-14/h12,16H,3-7,9-11H2,1-2H3. The average Bonchev–Trinajstić information content (AvgIpc) is 3.00. The Morgan fingerprint density at radius 2 is 2.00 bits per heavy atom. The molecule has 0 heterocycles. The third-order valence-corrected chi connectivity index (χ3v) is 3.80. The molecule has 0 aromatic carbocycles. The summed E-state index contributed by atoms with van der Waals surface area (Å²) in [5.41, 5.74) is 0.256. The Morgan fingerprint density at radius 1 is 1.38 bits per heavy atom. The maximum absolute atomic E-state index is 9.12. The van der Waals surface area contributed by atoms with Crippen LogP contribution in [-0.4, -0.2) is 35.7 Å². The normalized spacial score (nSPS) is 17.8. The molecule has 0 amide bonds. The van der Waals surface area contributed by atoms with E-state index in [9.17, 15) is 0 Å². The number of hydrogen-bond acceptors (Lipinski definition) is 3. The highest BCUT2D eigenvalue weighted by molar-refractivity contribution is 5.01. The molecule has 0 aromatic rings. The smallest absolute Gasteiger partial charge is 0.0628 e. The molecule has 1 saturated carbocycles. The second-order valence-electron chi connectivity index (χ2n) is 5.00. The SMILES string of the molecule is CCC(CC)N(CCO)CC1(CC#N)CC1. The third-order valence-electron chi connectivity index (χ3n) is 3.80. The lowest BCUT2D eigenvalue weighted by molar-refractivity contribution is 0.118. The van der Waals surface area contributed by atoms with Crippen LogP contribution in [0.3, 0.4) is 0 Å². The van der Waals surface area contributed by atoms with E-state index < -0.39 is 0 Å². The lowest BCUT2D eigenvalue weighted by Gasteiger charge is -2.32. The molecular weight excluding hydrogens is 200 g/mol. The van der Waals surface area contributed by atoms with Crippen molar-refractivity contribution in [1.82, 2.24) is 4.90 Å². The molecule has 3 heteroatoms. The largest absolute Gasteiger partial charge is 0.395 e. The zero-order valence-electron chi connectivity index (χ0n) is 10.6. The van der Waals surface area contributed by atoms with E-state index in [1.54, 1.807) is 0 Å². The van der Waals surface area contributed by atoms with E-state index >= 15 is 0 Å². The number of nitriles is 1. The summed E-state index contributed by atoms with van der Waals surface area (Å²) in [4.78, 5) is 2.38. The second kappa shape index (κ2) is 6.22.